The lowest BCUT2D eigenvalue weighted by atomic mass is 9.99. The second kappa shape index (κ2) is 8.61. The van der Waals surface area contributed by atoms with Crippen molar-refractivity contribution >= 4 is 32.8 Å². The number of aromatic nitrogens is 1. The van der Waals surface area contributed by atoms with E-state index in [1.807, 2.05) is 31.2 Å². The summed E-state index contributed by atoms with van der Waals surface area (Å²) in [5, 5.41) is 10.5. The number of hydrogen-bond acceptors (Lipinski definition) is 2. The van der Waals surface area contributed by atoms with Crippen LogP contribution in [0.5, 0.6) is 5.75 Å². The minimum atomic E-state index is -0.843. The van der Waals surface area contributed by atoms with E-state index in [9.17, 15) is 9.90 Å². The molecule has 1 aromatic heterocycles. The fourth-order valence-electron chi connectivity index (χ4n) is 3.37. The molecule has 1 heterocycles. The molecule has 0 bridgehead atoms. The van der Waals surface area contributed by atoms with Crippen LogP contribution in [0.1, 0.15) is 37.8 Å². The molecule has 0 amide bonds. The minimum absolute atomic E-state index is 0.0371. The Morgan fingerprint density at radius 3 is 2.70 bits per heavy atom. The van der Waals surface area contributed by atoms with Crippen LogP contribution < -0.4 is 4.74 Å². The van der Waals surface area contributed by atoms with Gasteiger partial charge in [-0.05, 0) is 61.2 Å². The third-order valence-electron chi connectivity index (χ3n) is 4.63. The van der Waals surface area contributed by atoms with Crippen molar-refractivity contribution in [1.82, 2.24) is 4.98 Å². The summed E-state index contributed by atoms with van der Waals surface area (Å²) in [6.07, 6.45) is 3.22. The second-order valence-electron chi connectivity index (χ2n) is 6.61. The topological polar surface area (TPSA) is 62.3 Å². The Bertz CT molecular complexity index is 962. The minimum Gasteiger partial charge on any atom is -0.493 e. The van der Waals surface area contributed by atoms with Crippen LogP contribution in [0.3, 0.4) is 0 Å². The first-order valence-electron chi connectivity index (χ1n) is 9.31. The van der Waals surface area contributed by atoms with Crippen molar-refractivity contribution in [3.63, 3.8) is 0 Å². The largest absolute Gasteiger partial charge is 0.493 e. The lowest BCUT2D eigenvalue weighted by Gasteiger charge is -2.11. The Balaban J connectivity index is 2.20. The smallest absolute Gasteiger partial charge is 0.307 e. The van der Waals surface area contributed by atoms with Gasteiger partial charge in [0.15, 0.2) is 0 Å². The van der Waals surface area contributed by atoms with Gasteiger partial charge in [-0.2, -0.15) is 0 Å². The van der Waals surface area contributed by atoms with Gasteiger partial charge in [-0.1, -0.05) is 35.3 Å². The molecule has 0 saturated carbocycles. The van der Waals surface area contributed by atoms with Crippen LogP contribution in [0.15, 0.2) is 40.9 Å². The molecule has 5 heteroatoms. The van der Waals surface area contributed by atoms with E-state index in [-0.39, 0.29) is 6.42 Å². The van der Waals surface area contributed by atoms with Crippen molar-refractivity contribution in [3.05, 3.63) is 52.0 Å². The maximum atomic E-state index is 11.6. The van der Waals surface area contributed by atoms with Crippen molar-refractivity contribution in [2.45, 2.75) is 39.5 Å². The van der Waals surface area contributed by atoms with E-state index in [0.29, 0.717) is 6.61 Å². The van der Waals surface area contributed by atoms with E-state index < -0.39 is 5.97 Å². The lowest BCUT2D eigenvalue weighted by Crippen LogP contribution is -2.02. The number of aliphatic carboxylic acids is 1. The molecule has 0 atom stereocenters. The summed E-state index contributed by atoms with van der Waals surface area (Å²) in [5.74, 6) is -0.103. The highest BCUT2D eigenvalue weighted by molar-refractivity contribution is 9.10. The quantitative estimate of drug-likeness (QED) is 0.463. The Labute approximate surface area is 167 Å². The molecular weight excluding hydrogens is 406 g/mol. The average molecular weight is 430 g/mol. The summed E-state index contributed by atoms with van der Waals surface area (Å²) in [4.78, 5) is 15.0. The van der Waals surface area contributed by atoms with Gasteiger partial charge < -0.3 is 14.8 Å². The molecule has 2 N–H and O–H groups in total. The Hall–Kier alpha value is -2.27. The molecule has 2 aromatic carbocycles. The summed E-state index contributed by atoms with van der Waals surface area (Å²) in [5.41, 5.74) is 4.67. The van der Waals surface area contributed by atoms with Crippen molar-refractivity contribution < 1.29 is 14.6 Å². The number of rotatable bonds is 8. The normalized spacial score (nSPS) is 11.1. The maximum Gasteiger partial charge on any atom is 0.307 e. The van der Waals surface area contributed by atoms with Crippen LogP contribution in [-0.4, -0.2) is 22.7 Å². The van der Waals surface area contributed by atoms with Crippen molar-refractivity contribution in [2.75, 3.05) is 6.61 Å². The summed E-state index contributed by atoms with van der Waals surface area (Å²) in [6, 6.07) is 12.1. The van der Waals surface area contributed by atoms with Gasteiger partial charge in [-0.3, -0.25) is 4.79 Å². The van der Waals surface area contributed by atoms with E-state index >= 15 is 0 Å². The van der Waals surface area contributed by atoms with Crippen LogP contribution >= 0.6 is 15.9 Å². The Kier molecular flexibility index (Phi) is 6.22. The van der Waals surface area contributed by atoms with Crippen molar-refractivity contribution in [2.24, 2.45) is 0 Å². The average Bonchev–Trinajstić information content (AvgIpc) is 2.99. The molecule has 0 spiro atoms. The van der Waals surface area contributed by atoms with Crippen molar-refractivity contribution in [1.29, 1.82) is 0 Å². The Morgan fingerprint density at radius 1 is 1.19 bits per heavy atom. The summed E-state index contributed by atoms with van der Waals surface area (Å²) in [7, 11) is 0. The summed E-state index contributed by atoms with van der Waals surface area (Å²) >= 11 is 3.52. The van der Waals surface area contributed by atoms with E-state index in [1.165, 1.54) is 5.56 Å². The number of carboxylic acids is 1. The number of ether oxygens (including phenoxy) is 1. The van der Waals surface area contributed by atoms with Gasteiger partial charge in [0.1, 0.15) is 5.75 Å². The van der Waals surface area contributed by atoms with Gasteiger partial charge in [0.25, 0.3) is 0 Å². The number of carboxylic acid groups (broad SMARTS) is 1. The first kappa shape index (κ1) is 19.5. The maximum absolute atomic E-state index is 11.6. The predicted molar refractivity (Wildman–Crippen MR) is 113 cm³/mol. The number of aryl methyl sites for hydroxylation is 1. The molecule has 0 unspecified atom stereocenters. The molecule has 3 rings (SSSR count). The number of aromatic amines is 1. The molecular formula is C22H24BrNO3. The standard InChI is InChI=1S/C22H24BrNO3/c1-3-5-6-14-7-9-19-16(11-14)17(13-21(25)26)22(24-19)18-12-15(23)8-10-20(18)27-4-2/h7-12,24H,3-6,13H2,1-2H3,(H,25,26). The Morgan fingerprint density at radius 2 is 2.00 bits per heavy atom. The van der Waals surface area contributed by atoms with Gasteiger partial charge in [-0.15, -0.1) is 0 Å². The van der Waals surface area contributed by atoms with E-state index in [1.54, 1.807) is 0 Å². The molecule has 4 nitrogen and oxygen atoms in total. The number of H-pyrrole nitrogens is 1. The van der Waals surface area contributed by atoms with Crippen molar-refractivity contribution in [3.8, 4) is 17.0 Å². The predicted octanol–water partition coefficient (Wildman–Crippen LogP) is 5.97. The molecule has 3 aromatic rings. The molecule has 0 saturated heterocycles. The van der Waals surface area contributed by atoms with Gasteiger partial charge in [0, 0.05) is 20.9 Å². The van der Waals surface area contributed by atoms with Gasteiger partial charge in [0.05, 0.1) is 18.7 Å². The SMILES string of the molecule is CCCCc1ccc2[nH]c(-c3cc(Br)ccc3OCC)c(CC(=O)O)c2c1. The van der Waals surface area contributed by atoms with E-state index in [2.05, 4.69) is 40.0 Å². The molecule has 0 aliphatic rings. The fourth-order valence-corrected chi connectivity index (χ4v) is 3.74. The zero-order valence-corrected chi connectivity index (χ0v) is 17.2. The number of nitrogens with one attached hydrogen (secondary N) is 1. The third kappa shape index (κ3) is 4.35. The number of hydrogen-bond donors (Lipinski definition) is 2. The number of halogens is 1. The van der Waals surface area contributed by atoms with Crippen LogP contribution in [-0.2, 0) is 17.6 Å². The van der Waals surface area contributed by atoms with Crippen LogP contribution in [0.2, 0.25) is 0 Å². The zero-order chi connectivity index (χ0) is 19.4. The van der Waals surface area contributed by atoms with Crippen LogP contribution in [0.25, 0.3) is 22.2 Å². The molecule has 0 fully saturated rings. The zero-order valence-electron chi connectivity index (χ0n) is 15.6. The van der Waals surface area contributed by atoms with E-state index in [0.717, 1.165) is 57.2 Å². The highest BCUT2D eigenvalue weighted by atomic mass is 79.9. The molecule has 0 radical (unpaired) electrons. The van der Waals surface area contributed by atoms with E-state index in [4.69, 9.17) is 4.74 Å². The third-order valence-corrected chi connectivity index (χ3v) is 5.12. The lowest BCUT2D eigenvalue weighted by molar-refractivity contribution is -0.136. The molecule has 142 valence electrons. The molecule has 0 aliphatic heterocycles. The molecule has 0 aliphatic carbocycles. The van der Waals surface area contributed by atoms with Gasteiger partial charge >= 0.3 is 5.97 Å². The number of fused-ring (bicyclic) bond motifs is 1. The van der Waals surface area contributed by atoms with Crippen LogP contribution in [0, 0.1) is 0 Å². The van der Waals surface area contributed by atoms with Crippen LogP contribution in [0.4, 0.5) is 0 Å². The highest BCUT2D eigenvalue weighted by Crippen LogP contribution is 2.38. The fraction of sp³-hybridized carbons (Fsp3) is 0.318. The number of carbonyl (C=O) groups is 1. The van der Waals surface area contributed by atoms with Gasteiger partial charge in [0.2, 0.25) is 0 Å². The summed E-state index contributed by atoms with van der Waals surface area (Å²) < 4.78 is 6.71. The molecule has 27 heavy (non-hydrogen) atoms. The second-order valence-corrected chi connectivity index (χ2v) is 7.52. The number of unbranched alkanes of at least 4 members (excludes halogenated alkanes) is 1. The summed E-state index contributed by atoms with van der Waals surface area (Å²) in [6.45, 7) is 4.66. The first-order valence-corrected chi connectivity index (χ1v) is 10.1. The first-order chi connectivity index (χ1) is 13.0. The van der Waals surface area contributed by atoms with Gasteiger partial charge in [-0.25, -0.2) is 0 Å². The monoisotopic (exact) mass is 429 g/mol. The highest BCUT2D eigenvalue weighted by Gasteiger charge is 2.19. The number of benzene rings is 2.